The highest BCUT2D eigenvalue weighted by atomic mass is 19.3. The average molecular weight is 246 g/mol. The van der Waals surface area contributed by atoms with Gasteiger partial charge in [0.25, 0.3) is 5.92 Å². The minimum Gasteiger partial charge on any atom is -0.298 e. The number of benzene rings is 2. The average Bonchev–Trinajstić information content (AvgIpc) is 2.38. The van der Waals surface area contributed by atoms with Crippen molar-refractivity contribution in [1.29, 1.82) is 0 Å². The van der Waals surface area contributed by atoms with Crippen LogP contribution < -0.4 is 0 Å². The van der Waals surface area contributed by atoms with Crippen LogP contribution in [0.4, 0.5) is 8.78 Å². The summed E-state index contributed by atoms with van der Waals surface area (Å²) in [5.41, 5.74) is 2.33. The van der Waals surface area contributed by atoms with Crippen LogP contribution in [-0.4, -0.2) is 6.29 Å². The normalized spacial score (nSPS) is 11.3. The molecule has 0 amide bonds. The van der Waals surface area contributed by atoms with Crippen molar-refractivity contribution in [2.24, 2.45) is 0 Å². The molecule has 3 heteroatoms. The first-order valence-corrected chi connectivity index (χ1v) is 5.55. The molecule has 1 nitrogen and oxygen atoms in total. The number of rotatable bonds is 3. The predicted molar refractivity (Wildman–Crippen MR) is 66.8 cm³/mol. The van der Waals surface area contributed by atoms with E-state index in [1.165, 1.54) is 12.1 Å². The SMILES string of the molecule is CC(F)(F)c1ccc(-c2ccc(C=O)cc2)cc1. The highest BCUT2D eigenvalue weighted by Gasteiger charge is 2.23. The zero-order valence-electron chi connectivity index (χ0n) is 9.86. The first-order chi connectivity index (χ1) is 8.50. The summed E-state index contributed by atoms with van der Waals surface area (Å²) < 4.78 is 26.1. The number of aldehydes is 1. The molecule has 0 fully saturated rings. The highest BCUT2D eigenvalue weighted by Crippen LogP contribution is 2.29. The first-order valence-electron chi connectivity index (χ1n) is 5.55. The number of hydrogen-bond acceptors (Lipinski definition) is 1. The Morgan fingerprint density at radius 3 is 1.72 bits per heavy atom. The first kappa shape index (κ1) is 12.4. The number of carbonyl (C=O) groups is 1. The molecule has 0 aliphatic heterocycles. The fourth-order valence-corrected chi connectivity index (χ4v) is 1.71. The molecule has 92 valence electrons. The summed E-state index contributed by atoms with van der Waals surface area (Å²) in [6.45, 7) is 0.876. The molecule has 0 N–H and O–H groups in total. The van der Waals surface area contributed by atoms with Crippen LogP contribution in [-0.2, 0) is 5.92 Å². The molecular weight excluding hydrogens is 234 g/mol. The van der Waals surface area contributed by atoms with Gasteiger partial charge in [-0.05, 0) is 11.1 Å². The summed E-state index contributed by atoms with van der Waals surface area (Å²) in [4.78, 5) is 10.5. The Hall–Kier alpha value is -2.03. The lowest BCUT2D eigenvalue weighted by molar-refractivity contribution is 0.0175. The maximum absolute atomic E-state index is 13.0. The standard InChI is InChI=1S/C15H12F2O/c1-15(16,17)14-8-6-13(7-9-14)12-4-2-11(10-18)3-5-12/h2-10H,1H3. The number of halogens is 2. The van der Waals surface area contributed by atoms with Crippen molar-refractivity contribution >= 4 is 6.29 Å². The lowest BCUT2D eigenvalue weighted by Crippen LogP contribution is -2.06. The van der Waals surface area contributed by atoms with Crippen LogP contribution in [0.15, 0.2) is 48.5 Å². The molecule has 0 radical (unpaired) electrons. The summed E-state index contributed by atoms with van der Waals surface area (Å²) in [6, 6.07) is 13.1. The molecule has 0 unspecified atom stereocenters. The molecule has 0 atom stereocenters. The maximum atomic E-state index is 13.0. The minimum absolute atomic E-state index is 0.00392. The van der Waals surface area contributed by atoms with Gasteiger partial charge in [-0.25, -0.2) is 8.78 Å². The van der Waals surface area contributed by atoms with Gasteiger partial charge in [-0.3, -0.25) is 4.79 Å². The summed E-state index contributed by atoms with van der Waals surface area (Å²) in [7, 11) is 0. The third-order valence-corrected chi connectivity index (χ3v) is 2.77. The quantitative estimate of drug-likeness (QED) is 0.739. The van der Waals surface area contributed by atoms with Gasteiger partial charge < -0.3 is 0 Å². The molecule has 0 saturated carbocycles. The second-order valence-corrected chi connectivity index (χ2v) is 4.21. The molecule has 18 heavy (non-hydrogen) atoms. The fourth-order valence-electron chi connectivity index (χ4n) is 1.71. The summed E-state index contributed by atoms with van der Waals surface area (Å²) in [6.07, 6.45) is 0.768. The van der Waals surface area contributed by atoms with Gasteiger partial charge in [0, 0.05) is 18.1 Å². The third-order valence-electron chi connectivity index (χ3n) is 2.77. The van der Waals surface area contributed by atoms with E-state index in [1.807, 2.05) is 0 Å². The molecular formula is C15H12F2O. The van der Waals surface area contributed by atoms with Crippen molar-refractivity contribution in [3.05, 3.63) is 59.7 Å². The zero-order chi connectivity index (χ0) is 13.2. The fraction of sp³-hybridized carbons (Fsp3) is 0.133. The smallest absolute Gasteiger partial charge is 0.270 e. The van der Waals surface area contributed by atoms with Crippen molar-refractivity contribution in [1.82, 2.24) is 0 Å². The van der Waals surface area contributed by atoms with Gasteiger partial charge in [-0.15, -0.1) is 0 Å². The van der Waals surface area contributed by atoms with Crippen LogP contribution in [0, 0.1) is 0 Å². The molecule has 0 bridgehead atoms. The van der Waals surface area contributed by atoms with Crippen molar-refractivity contribution < 1.29 is 13.6 Å². The van der Waals surface area contributed by atoms with Gasteiger partial charge in [0.05, 0.1) is 0 Å². The topological polar surface area (TPSA) is 17.1 Å². The molecule has 0 spiro atoms. The maximum Gasteiger partial charge on any atom is 0.270 e. The molecule has 0 aliphatic carbocycles. The van der Waals surface area contributed by atoms with Gasteiger partial charge >= 0.3 is 0 Å². The minimum atomic E-state index is -2.82. The number of carbonyl (C=O) groups excluding carboxylic acids is 1. The highest BCUT2D eigenvalue weighted by molar-refractivity contribution is 5.76. The molecule has 0 saturated heterocycles. The summed E-state index contributed by atoms with van der Waals surface area (Å²) in [5.74, 6) is -2.82. The van der Waals surface area contributed by atoms with E-state index in [0.717, 1.165) is 24.3 Å². The monoisotopic (exact) mass is 246 g/mol. The molecule has 0 heterocycles. The van der Waals surface area contributed by atoms with Gasteiger partial charge in [0.15, 0.2) is 0 Å². The predicted octanol–water partition coefficient (Wildman–Crippen LogP) is 4.28. The lowest BCUT2D eigenvalue weighted by Gasteiger charge is -2.11. The van der Waals surface area contributed by atoms with Crippen LogP contribution in [0.25, 0.3) is 11.1 Å². The second kappa shape index (κ2) is 4.69. The van der Waals surface area contributed by atoms with E-state index in [-0.39, 0.29) is 5.56 Å². The Morgan fingerprint density at radius 1 is 0.889 bits per heavy atom. The number of hydrogen-bond donors (Lipinski definition) is 0. The molecule has 0 aliphatic rings. The molecule has 0 aromatic heterocycles. The number of alkyl halides is 2. The molecule has 2 aromatic rings. The summed E-state index contributed by atoms with van der Waals surface area (Å²) in [5, 5.41) is 0. The Kier molecular flexibility index (Phi) is 3.24. The Labute approximate surface area is 104 Å². The van der Waals surface area contributed by atoms with E-state index in [9.17, 15) is 13.6 Å². The van der Waals surface area contributed by atoms with Crippen molar-refractivity contribution in [2.75, 3.05) is 0 Å². The largest absolute Gasteiger partial charge is 0.298 e. The van der Waals surface area contributed by atoms with E-state index in [1.54, 1.807) is 36.4 Å². The van der Waals surface area contributed by atoms with Crippen LogP contribution in [0.1, 0.15) is 22.8 Å². The molecule has 2 aromatic carbocycles. The molecule has 2 rings (SSSR count). The zero-order valence-corrected chi connectivity index (χ0v) is 9.86. The Balaban J connectivity index is 2.31. The van der Waals surface area contributed by atoms with Gasteiger partial charge in [-0.2, -0.15) is 0 Å². The second-order valence-electron chi connectivity index (χ2n) is 4.21. The van der Waals surface area contributed by atoms with Crippen LogP contribution in [0.5, 0.6) is 0 Å². The van der Waals surface area contributed by atoms with Gasteiger partial charge in [0.2, 0.25) is 0 Å². The lowest BCUT2D eigenvalue weighted by atomic mass is 10.0. The van der Waals surface area contributed by atoms with Crippen molar-refractivity contribution in [3.8, 4) is 11.1 Å². The Morgan fingerprint density at radius 2 is 1.33 bits per heavy atom. The Bertz CT molecular complexity index is 536. The van der Waals surface area contributed by atoms with Gasteiger partial charge in [0.1, 0.15) is 6.29 Å². The van der Waals surface area contributed by atoms with E-state index in [0.29, 0.717) is 5.56 Å². The van der Waals surface area contributed by atoms with E-state index in [4.69, 9.17) is 0 Å². The van der Waals surface area contributed by atoms with Crippen LogP contribution in [0.3, 0.4) is 0 Å². The van der Waals surface area contributed by atoms with E-state index >= 15 is 0 Å². The summed E-state index contributed by atoms with van der Waals surface area (Å²) >= 11 is 0. The van der Waals surface area contributed by atoms with Crippen LogP contribution in [0.2, 0.25) is 0 Å². The van der Waals surface area contributed by atoms with Crippen LogP contribution >= 0.6 is 0 Å². The van der Waals surface area contributed by atoms with Gasteiger partial charge in [-0.1, -0.05) is 48.5 Å². The van der Waals surface area contributed by atoms with Crippen molar-refractivity contribution in [3.63, 3.8) is 0 Å². The van der Waals surface area contributed by atoms with E-state index in [2.05, 4.69) is 0 Å². The van der Waals surface area contributed by atoms with Crippen molar-refractivity contribution in [2.45, 2.75) is 12.8 Å². The third kappa shape index (κ3) is 2.62. The van der Waals surface area contributed by atoms with E-state index < -0.39 is 5.92 Å².